The van der Waals surface area contributed by atoms with Gasteiger partial charge in [0.05, 0.1) is 26.1 Å². The molecule has 3 aromatic rings. The van der Waals surface area contributed by atoms with Crippen LogP contribution in [0.25, 0.3) is 0 Å². The predicted octanol–water partition coefficient (Wildman–Crippen LogP) is 6.43. The molecule has 40 heavy (non-hydrogen) atoms. The molecule has 0 spiro atoms. The van der Waals surface area contributed by atoms with E-state index in [1.807, 2.05) is 0 Å². The molecule has 214 valence electrons. The highest BCUT2D eigenvalue weighted by atomic mass is 35.5. The van der Waals surface area contributed by atoms with Gasteiger partial charge in [0, 0.05) is 37.8 Å². The quantitative estimate of drug-likeness (QED) is 0.235. The van der Waals surface area contributed by atoms with Gasteiger partial charge in [-0.25, -0.2) is 17.2 Å². The monoisotopic (exact) mass is 620 g/mol. The summed E-state index contributed by atoms with van der Waals surface area (Å²) in [6.45, 7) is 0.194. The van der Waals surface area contributed by atoms with Gasteiger partial charge in [0.2, 0.25) is 0 Å². The zero-order chi connectivity index (χ0) is 29.6. The Hall–Kier alpha value is -2.73. The van der Waals surface area contributed by atoms with Crippen LogP contribution in [0.1, 0.15) is 33.0 Å². The highest BCUT2D eigenvalue weighted by Gasteiger charge is 2.40. The number of sulfone groups is 1. The number of carbonyl (C=O) groups is 1. The van der Waals surface area contributed by atoms with E-state index in [0.29, 0.717) is 16.7 Å². The molecule has 1 fully saturated rings. The smallest absolute Gasteiger partial charge is 0.336 e. The first-order valence-corrected chi connectivity index (χ1v) is 14.5. The molecule has 1 aliphatic rings. The van der Waals surface area contributed by atoms with Crippen LogP contribution in [0.5, 0.6) is 0 Å². The van der Waals surface area contributed by atoms with Gasteiger partial charge in [0.15, 0.2) is 9.84 Å². The van der Waals surface area contributed by atoms with Gasteiger partial charge in [-0.3, -0.25) is 9.69 Å². The molecule has 5 nitrogen and oxygen atoms in total. The molecule has 0 saturated carbocycles. The maximum atomic E-state index is 14.7. The lowest BCUT2D eigenvalue weighted by Gasteiger charge is -2.29. The summed E-state index contributed by atoms with van der Waals surface area (Å²) >= 11 is 12.3. The minimum atomic E-state index is -4.83. The number of rotatable bonds is 6. The molecule has 1 amide bonds. The van der Waals surface area contributed by atoms with E-state index in [1.165, 1.54) is 11.0 Å². The Bertz CT molecular complexity index is 1570. The molecule has 1 saturated heterocycles. The van der Waals surface area contributed by atoms with Crippen molar-refractivity contribution in [2.75, 3.05) is 26.4 Å². The maximum Gasteiger partial charge on any atom is 0.419 e. The Morgan fingerprint density at radius 3 is 2.27 bits per heavy atom. The molecule has 3 aromatic carbocycles. The number of hydrogen-bond acceptors (Lipinski definition) is 4. The number of alkyl halides is 3. The summed E-state index contributed by atoms with van der Waals surface area (Å²) in [4.78, 5) is 16.3. The number of amides is 1. The zero-order valence-corrected chi connectivity index (χ0v) is 23.5. The Morgan fingerprint density at radius 1 is 0.975 bits per heavy atom. The minimum absolute atomic E-state index is 0.0392. The lowest BCUT2D eigenvalue weighted by Crippen LogP contribution is -2.38. The molecule has 0 N–H and O–H groups in total. The number of likely N-dealkylation sites (N-methyl/N-ethyl adjacent to an activating group) is 1. The van der Waals surface area contributed by atoms with Crippen molar-refractivity contribution in [2.24, 2.45) is 0 Å². The highest BCUT2D eigenvalue weighted by Crippen LogP contribution is 2.36. The van der Waals surface area contributed by atoms with Crippen LogP contribution in [0, 0.1) is 11.6 Å². The number of halogens is 7. The molecule has 0 radical (unpaired) electrons. The lowest BCUT2D eigenvalue weighted by molar-refractivity contribution is -0.140. The molecule has 2 unspecified atom stereocenters. The SMILES string of the molecule is CN(Cc1ccc(C(F)(F)F)c(F)c1)C1CN(C(=O)c2cc(S(C)(=O)=O)ccc2F)CC1c1ccc(Cl)c(Cl)c1. The summed E-state index contributed by atoms with van der Waals surface area (Å²) in [6, 6.07) is 10.1. The topological polar surface area (TPSA) is 57.7 Å². The maximum absolute atomic E-state index is 14.7. The molecule has 2 atom stereocenters. The van der Waals surface area contributed by atoms with E-state index >= 15 is 0 Å². The lowest BCUT2D eigenvalue weighted by atomic mass is 9.93. The van der Waals surface area contributed by atoms with Gasteiger partial charge >= 0.3 is 6.18 Å². The Kier molecular flexibility index (Phi) is 8.52. The molecule has 1 aliphatic heterocycles. The van der Waals surface area contributed by atoms with Crippen LogP contribution < -0.4 is 0 Å². The van der Waals surface area contributed by atoms with Gasteiger partial charge in [-0.1, -0.05) is 35.3 Å². The van der Waals surface area contributed by atoms with Crippen LogP contribution in [0.3, 0.4) is 0 Å². The largest absolute Gasteiger partial charge is 0.419 e. The van der Waals surface area contributed by atoms with Crippen molar-refractivity contribution >= 4 is 38.9 Å². The van der Waals surface area contributed by atoms with Crippen LogP contribution in [0.15, 0.2) is 59.5 Å². The minimum Gasteiger partial charge on any atom is -0.336 e. The molecular weight excluding hydrogens is 598 g/mol. The fourth-order valence-electron chi connectivity index (χ4n) is 4.83. The van der Waals surface area contributed by atoms with Crippen molar-refractivity contribution in [2.45, 2.75) is 29.6 Å². The Balaban J connectivity index is 1.66. The fourth-order valence-corrected chi connectivity index (χ4v) is 5.78. The van der Waals surface area contributed by atoms with Crippen LogP contribution >= 0.6 is 23.2 Å². The van der Waals surface area contributed by atoms with Crippen molar-refractivity contribution in [1.82, 2.24) is 9.80 Å². The first-order chi connectivity index (χ1) is 18.6. The second-order valence-electron chi connectivity index (χ2n) is 9.70. The van der Waals surface area contributed by atoms with Gasteiger partial charge in [0.25, 0.3) is 5.91 Å². The van der Waals surface area contributed by atoms with E-state index in [-0.39, 0.29) is 35.1 Å². The second-order valence-corrected chi connectivity index (χ2v) is 12.5. The van der Waals surface area contributed by atoms with Crippen molar-refractivity contribution < 1.29 is 35.2 Å². The average molecular weight is 621 g/mol. The number of carbonyl (C=O) groups excluding carboxylic acids is 1. The summed E-state index contributed by atoms with van der Waals surface area (Å²) < 4.78 is 91.9. The third kappa shape index (κ3) is 6.43. The van der Waals surface area contributed by atoms with Crippen LogP contribution in [-0.2, 0) is 22.6 Å². The van der Waals surface area contributed by atoms with Crippen LogP contribution in [-0.4, -0.2) is 56.6 Å². The van der Waals surface area contributed by atoms with E-state index in [4.69, 9.17) is 23.2 Å². The third-order valence-electron chi connectivity index (χ3n) is 6.88. The Morgan fingerprint density at radius 2 is 1.68 bits per heavy atom. The zero-order valence-electron chi connectivity index (χ0n) is 21.1. The number of likely N-dealkylation sites (tertiary alicyclic amines) is 1. The first-order valence-electron chi connectivity index (χ1n) is 11.9. The van der Waals surface area contributed by atoms with Crippen LogP contribution in [0.4, 0.5) is 22.0 Å². The molecule has 0 aromatic heterocycles. The molecule has 4 rings (SSSR count). The van der Waals surface area contributed by atoms with Crippen molar-refractivity contribution in [3.8, 4) is 0 Å². The first kappa shape index (κ1) is 30.2. The van der Waals surface area contributed by atoms with E-state index in [9.17, 15) is 35.2 Å². The summed E-state index contributed by atoms with van der Waals surface area (Å²) in [5, 5.41) is 0.572. The van der Waals surface area contributed by atoms with Gasteiger partial charge in [-0.15, -0.1) is 0 Å². The Labute approximate surface area is 238 Å². The standard InChI is InChI=1S/C27H23Cl2F5N2O3S/c1-35(12-15-3-6-20(24(31)9-15)27(32,33)34)25-14-36(13-19(25)16-4-7-21(28)22(29)10-16)26(37)18-11-17(40(2,38)39)5-8-23(18)30/h3-11,19,25H,12-14H2,1-2H3. The fraction of sp³-hybridized carbons (Fsp3) is 0.296. The predicted molar refractivity (Wildman–Crippen MR) is 141 cm³/mol. The van der Waals surface area contributed by atoms with E-state index in [2.05, 4.69) is 0 Å². The highest BCUT2D eigenvalue weighted by molar-refractivity contribution is 7.90. The normalized spacial score (nSPS) is 18.0. The van der Waals surface area contributed by atoms with Gasteiger partial charge in [0.1, 0.15) is 11.6 Å². The summed E-state index contributed by atoms with van der Waals surface area (Å²) in [7, 11) is -2.04. The van der Waals surface area contributed by atoms with Crippen LogP contribution in [0.2, 0.25) is 10.0 Å². The van der Waals surface area contributed by atoms with Gasteiger partial charge in [-0.2, -0.15) is 13.2 Å². The second kappa shape index (κ2) is 11.3. The molecule has 0 bridgehead atoms. The molecular formula is C27H23Cl2F5N2O3S. The van der Waals surface area contributed by atoms with E-state index < -0.39 is 56.6 Å². The van der Waals surface area contributed by atoms with Crippen molar-refractivity contribution in [3.05, 3.63) is 98.5 Å². The molecule has 13 heteroatoms. The van der Waals surface area contributed by atoms with Crippen molar-refractivity contribution in [3.63, 3.8) is 0 Å². The number of nitrogens with zero attached hydrogens (tertiary/aromatic N) is 2. The van der Waals surface area contributed by atoms with Gasteiger partial charge in [-0.05, 0) is 60.6 Å². The summed E-state index contributed by atoms with van der Waals surface area (Å²) in [6.07, 6.45) is -3.89. The van der Waals surface area contributed by atoms with E-state index in [1.54, 1.807) is 30.1 Å². The third-order valence-corrected chi connectivity index (χ3v) is 8.73. The van der Waals surface area contributed by atoms with Crippen molar-refractivity contribution in [1.29, 1.82) is 0 Å². The summed E-state index contributed by atoms with van der Waals surface area (Å²) in [5.74, 6) is -3.42. The summed E-state index contributed by atoms with van der Waals surface area (Å²) in [5.41, 5.74) is -0.810. The van der Waals surface area contributed by atoms with E-state index in [0.717, 1.165) is 30.5 Å². The molecule has 0 aliphatic carbocycles. The van der Waals surface area contributed by atoms with Gasteiger partial charge < -0.3 is 4.90 Å². The number of hydrogen-bond donors (Lipinski definition) is 0. The molecule has 1 heterocycles. The number of benzene rings is 3. The average Bonchev–Trinajstić information content (AvgIpc) is 3.30.